The Morgan fingerprint density at radius 3 is 1.88 bits per heavy atom. The normalized spacial score (nSPS) is 16.8. The summed E-state index contributed by atoms with van der Waals surface area (Å²) in [6.07, 6.45) is 2.94. The smallest absolute Gasteiger partial charge is 0.340 e. The summed E-state index contributed by atoms with van der Waals surface area (Å²) in [6.45, 7) is 3.14. The summed E-state index contributed by atoms with van der Waals surface area (Å²) in [6, 6.07) is 28.5. The molecule has 0 saturated carbocycles. The fourth-order valence-corrected chi connectivity index (χ4v) is 4.44. The molecule has 4 nitrogen and oxygen atoms in total. The Balaban J connectivity index is 1.53. The first kappa shape index (κ1) is 22.0. The zero-order valence-corrected chi connectivity index (χ0v) is 18.4. The lowest BCUT2D eigenvalue weighted by Gasteiger charge is -2.43. The second-order valence-electron chi connectivity index (χ2n) is 8.55. The Morgan fingerprint density at radius 1 is 0.812 bits per heavy atom. The number of esters is 1. The molecule has 1 saturated heterocycles. The number of piperidine rings is 1. The Hall–Kier alpha value is -3.24. The number of ether oxygens (including phenoxy) is 1. The van der Waals surface area contributed by atoms with Crippen LogP contribution in [0.5, 0.6) is 0 Å². The van der Waals surface area contributed by atoms with E-state index in [9.17, 15) is 9.59 Å². The second-order valence-corrected chi connectivity index (χ2v) is 8.55. The summed E-state index contributed by atoms with van der Waals surface area (Å²) in [4.78, 5) is 28.6. The third kappa shape index (κ3) is 4.97. The molecule has 4 heteroatoms. The molecule has 0 radical (unpaired) electrons. The van der Waals surface area contributed by atoms with Crippen LogP contribution >= 0.6 is 0 Å². The minimum atomic E-state index is -1.36. The molecule has 0 bridgehead atoms. The molecule has 1 aliphatic heterocycles. The summed E-state index contributed by atoms with van der Waals surface area (Å²) in [7, 11) is 0. The highest BCUT2D eigenvalue weighted by atomic mass is 16.6. The van der Waals surface area contributed by atoms with Crippen molar-refractivity contribution in [3.05, 3.63) is 108 Å². The zero-order valence-electron chi connectivity index (χ0n) is 18.4. The van der Waals surface area contributed by atoms with Gasteiger partial charge < -0.3 is 4.74 Å². The summed E-state index contributed by atoms with van der Waals surface area (Å²) in [5, 5.41) is 0. The van der Waals surface area contributed by atoms with Crippen molar-refractivity contribution in [1.82, 2.24) is 4.90 Å². The van der Waals surface area contributed by atoms with Crippen LogP contribution in [0.1, 0.15) is 46.0 Å². The Kier molecular flexibility index (Phi) is 6.81. The summed E-state index contributed by atoms with van der Waals surface area (Å²) in [5.41, 5.74) is 0.969. The molecule has 1 aliphatic rings. The topological polar surface area (TPSA) is 46.6 Å². The first-order chi connectivity index (χ1) is 15.6. The molecular weight excluding hydrogens is 398 g/mol. The van der Waals surface area contributed by atoms with Gasteiger partial charge in [-0.3, -0.25) is 9.69 Å². The van der Waals surface area contributed by atoms with Crippen molar-refractivity contribution >= 4 is 11.8 Å². The first-order valence-corrected chi connectivity index (χ1v) is 11.2. The molecule has 1 heterocycles. The van der Waals surface area contributed by atoms with Gasteiger partial charge in [-0.2, -0.15) is 0 Å². The van der Waals surface area contributed by atoms with E-state index in [-0.39, 0.29) is 5.78 Å². The van der Waals surface area contributed by atoms with Crippen LogP contribution in [0.4, 0.5) is 0 Å². The van der Waals surface area contributed by atoms with E-state index in [0.29, 0.717) is 30.1 Å². The van der Waals surface area contributed by atoms with Crippen LogP contribution in [0.15, 0.2) is 91.0 Å². The minimum Gasteiger partial charge on any atom is -0.432 e. The number of hydrogen-bond acceptors (Lipinski definition) is 4. The Bertz CT molecular complexity index is 1030. The quantitative estimate of drug-likeness (QED) is 0.374. The minimum absolute atomic E-state index is 0.191. The fraction of sp³-hybridized carbons (Fsp3) is 0.286. The number of ketones is 1. The van der Waals surface area contributed by atoms with Crippen molar-refractivity contribution in [1.29, 1.82) is 0 Å². The van der Waals surface area contributed by atoms with E-state index >= 15 is 0 Å². The highest BCUT2D eigenvalue weighted by Crippen LogP contribution is 2.31. The van der Waals surface area contributed by atoms with E-state index in [4.69, 9.17) is 4.74 Å². The summed E-state index contributed by atoms with van der Waals surface area (Å²) >= 11 is 0. The Labute approximate surface area is 189 Å². The molecule has 0 spiro atoms. The maximum absolute atomic E-state index is 13.6. The van der Waals surface area contributed by atoms with Gasteiger partial charge in [0.05, 0.1) is 5.56 Å². The molecule has 1 fully saturated rings. The monoisotopic (exact) mass is 427 g/mol. The maximum Gasteiger partial charge on any atom is 0.340 e. The van der Waals surface area contributed by atoms with Crippen LogP contribution in [0.25, 0.3) is 0 Å². The van der Waals surface area contributed by atoms with E-state index in [1.165, 1.54) is 5.56 Å². The largest absolute Gasteiger partial charge is 0.432 e. The van der Waals surface area contributed by atoms with Crippen molar-refractivity contribution in [3.63, 3.8) is 0 Å². The molecule has 1 unspecified atom stereocenters. The van der Waals surface area contributed by atoms with E-state index in [0.717, 1.165) is 19.3 Å². The lowest BCUT2D eigenvalue weighted by molar-refractivity contribution is -0.0908. The standard InChI is InChI=1S/C28H29NO3/c1-28(26(30)24-13-7-3-8-14-24,32-27(31)25-15-9-4-10-16-25)29-19-17-23(18-20-29)21-22-11-5-2-6-12-22/h2-16,23H,17-21H2,1H3. The number of likely N-dealkylation sites (tertiary alicyclic amines) is 1. The third-order valence-electron chi connectivity index (χ3n) is 6.34. The molecule has 4 rings (SSSR count). The molecule has 3 aromatic carbocycles. The van der Waals surface area contributed by atoms with Crippen molar-refractivity contribution < 1.29 is 14.3 Å². The van der Waals surface area contributed by atoms with Crippen LogP contribution in [0, 0.1) is 5.92 Å². The van der Waals surface area contributed by atoms with Gasteiger partial charge >= 0.3 is 5.97 Å². The molecule has 3 aromatic rings. The molecule has 0 amide bonds. The second kappa shape index (κ2) is 9.92. The predicted molar refractivity (Wildman–Crippen MR) is 125 cm³/mol. The molecule has 0 aliphatic carbocycles. The van der Waals surface area contributed by atoms with Crippen LogP contribution in [0.3, 0.4) is 0 Å². The number of Topliss-reactive ketones (excluding diaryl/α,β-unsaturated/α-hetero) is 1. The van der Waals surface area contributed by atoms with Crippen LogP contribution < -0.4 is 0 Å². The number of rotatable bonds is 7. The Morgan fingerprint density at radius 2 is 1.31 bits per heavy atom. The third-order valence-corrected chi connectivity index (χ3v) is 6.34. The van der Waals surface area contributed by atoms with Crippen LogP contribution in [0.2, 0.25) is 0 Å². The molecule has 0 N–H and O–H groups in total. The van der Waals surface area contributed by atoms with Gasteiger partial charge in [-0.1, -0.05) is 78.9 Å². The molecule has 32 heavy (non-hydrogen) atoms. The van der Waals surface area contributed by atoms with Crippen molar-refractivity contribution in [2.24, 2.45) is 5.92 Å². The number of nitrogens with zero attached hydrogens (tertiary/aromatic N) is 1. The summed E-state index contributed by atoms with van der Waals surface area (Å²) < 4.78 is 5.97. The molecular formula is C28H29NO3. The predicted octanol–water partition coefficient (Wildman–Crippen LogP) is 5.40. The van der Waals surface area contributed by atoms with Crippen molar-refractivity contribution in [3.8, 4) is 0 Å². The molecule has 0 aromatic heterocycles. The van der Waals surface area contributed by atoms with Crippen molar-refractivity contribution in [2.45, 2.75) is 31.9 Å². The van der Waals surface area contributed by atoms with Gasteiger partial charge in [-0.05, 0) is 49.8 Å². The van der Waals surface area contributed by atoms with E-state index in [2.05, 4.69) is 24.3 Å². The lowest BCUT2D eigenvalue weighted by atomic mass is 9.88. The van der Waals surface area contributed by atoms with Gasteiger partial charge in [0.1, 0.15) is 0 Å². The van der Waals surface area contributed by atoms with Gasteiger partial charge in [0, 0.05) is 18.7 Å². The maximum atomic E-state index is 13.6. The number of hydrogen-bond donors (Lipinski definition) is 0. The molecule has 164 valence electrons. The molecule has 1 atom stereocenters. The zero-order chi connectivity index (χ0) is 22.4. The number of carbonyl (C=O) groups is 2. The van der Waals surface area contributed by atoms with Crippen molar-refractivity contribution in [2.75, 3.05) is 13.1 Å². The van der Waals surface area contributed by atoms with Gasteiger partial charge in [0.25, 0.3) is 0 Å². The number of carbonyl (C=O) groups excluding carboxylic acids is 2. The first-order valence-electron chi connectivity index (χ1n) is 11.2. The average molecular weight is 428 g/mol. The van der Waals surface area contributed by atoms with Crippen LogP contribution in [-0.2, 0) is 11.2 Å². The fourth-order valence-electron chi connectivity index (χ4n) is 4.44. The average Bonchev–Trinajstić information content (AvgIpc) is 2.85. The van der Waals surface area contributed by atoms with E-state index < -0.39 is 11.7 Å². The van der Waals surface area contributed by atoms with Gasteiger partial charge in [-0.15, -0.1) is 0 Å². The van der Waals surface area contributed by atoms with Gasteiger partial charge in [0.15, 0.2) is 0 Å². The highest BCUT2D eigenvalue weighted by molar-refractivity contribution is 6.04. The number of benzene rings is 3. The highest BCUT2D eigenvalue weighted by Gasteiger charge is 2.45. The van der Waals surface area contributed by atoms with E-state index in [1.54, 1.807) is 43.3 Å². The SMILES string of the molecule is CC(OC(=O)c1ccccc1)(C(=O)c1ccccc1)N1CCC(Cc2ccccc2)CC1. The van der Waals surface area contributed by atoms with Crippen LogP contribution in [-0.4, -0.2) is 35.5 Å². The summed E-state index contributed by atoms with van der Waals surface area (Å²) in [5.74, 6) is -0.123. The van der Waals surface area contributed by atoms with Gasteiger partial charge in [0.2, 0.25) is 11.5 Å². The lowest BCUT2D eigenvalue weighted by Crippen LogP contribution is -2.57. The van der Waals surface area contributed by atoms with Gasteiger partial charge in [-0.25, -0.2) is 4.79 Å². The van der Waals surface area contributed by atoms with E-state index in [1.807, 2.05) is 35.2 Å².